The van der Waals surface area contributed by atoms with E-state index in [1.54, 1.807) is 0 Å². The molecule has 0 bridgehead atoms. The third-order valence-electron chi connectivity index (χ3n) is 0.744. The molecule has 0 aromatic rings. The highest BCUT2D eigenvalue weighted by atomic mass is 32.2. The van der Waals surface area contributed by atoms with Crippen LogP contribution in [0.4, 0.5) is 0 Å². The molecule has 1 rings (SSSR count). The van der Waals surface area contributed by atoms with Crippen molar-refractivity contribution in [3.8, 4) is 0 Å². The van der Waals surface area contributed by atoms with Crippen molar-refractivity contribution in [3.63, 3.8) is 0 Å². The number of hydrogen-bond acceptors (Lipinski definition) is 2. The van der Waals surface area contributed by atoms with Gasteiger partial charge in [0.05, 0.1) is 0 Å². The van der Waals surface area contributed by atoms with Crippen molar-refractivity contribution in [1.82, 2.24) is 0 Å². The molecule has 0 atom stereocenters. The first-order chi connectivity index (χ1) is 6.00. The average Bonchev–Trinajstić information content (AvgIpc) is 2.29. The van der Waals surface area contributed by atoms with Crippen molar-refractivity contribution in [2.75, 3.05) is 16.6 Å². The molecular weight excluding hydrogens is 184 g/mol. The highest BCUT2D eigenvalue weighted by Crippen LogP contribution is 2.19. The summed E-state index contributed by atoms with van der Waals surface area (Å²) in [6.45, 7) is 12.0. The summed E-state index contributed by atoms with van der Waals surface area (Å²) in [4.78, 5) is 0. The van der Waals surface area contributed by atoms with Crippen LogP contribution in [-0.4, -0.2) is 16.6 Å². The molecule has 1 aliphatic rings. The van der Waals surface area contributed by atoms with E-state index >= 15 is 0 Å². The Hall–Kier alpha value is 0.700. The summed E-state index contributed by atoms with van der Waals surface area (Å²) in [7, 11) is 0. The van der Waals surface area contributed by atoms with E-state index in [0.717, 1.165) is 0 Å². The lowest BCUT2D eigenvalue weighted by atomic mass is 10.6. The van der Waals surface area contributed by atoms with Crippen LogP contribution in [0.2, 0.25) is 0 Å². The number of rotatable bonds is 0. The van der Waals surface area contributed by atoms with E-state index in [1.807, 2.05) is 41.5 Å². The van der Waals surface area contributed by atoms with Crippen molar-refractivity contribution < 1.29 is 0 Å². The van der Waals surface area contributed by atoms with Crippen LogP contribution in [-0.2, 0) is 0 Å². The van der Waals surface area contributed by atoms with Gasteiger partial charge in [0, 0.05) is 5.08 Å². The van der Waals surface area contributed by atoms with Crippen LogP contribution in [0, 0.1) is 0 Å². The Kier molecular flexibility index (Phi) is 45.9. The molecule has 1 fully saturated rings. The van der Waals surface area contributed by atoms with Crippen molar-refractivity contribution in [3.05, 3.63) is 0 Å². The Bertz CT molecular complexity index is 23.3. The standard InChI is InChI=1S/C4H8S2.3C2H6/c1-2-5-4-6-3-1;3*1-2/h1-4H2;3*1-2H3. The number of thioether (sulfide) groups is 2. The summed E-state index contributed by atoms with van der Waals surface area (Å²) in [6, 6.07) is 0. The molecule has 1 aliphatic heterocycles. The summed E-state index contributed by atoms with van der Waals surface area (Å²) in [5.74, 6) is 2.79. The minimum absolute atomic E-state index is 1.33. The fourth-order valence-corrected chi connectivity index (χ4v) is 2.73. The van der Waals surface area contributed by atoms with Crippen LogP contribution in [0.1, 0.15) is 48.0 Å². The maximum absolute atomic E-state index is 2.06. The molecule has 2 heteroatoms. The summed E-state index contributed by atoms with van der Waals surface area (Å²) in [6.07, 6.45) is 1.43. The van der Waals surface area contributed by atoms with E-state index in [4.69, 9.17) is 0 Å². The highest BCUT2D eigenvalue weighted by molar-refractivity contribution is 8.16. The summed E-state index contributed by atoms with van der Waals surface area (Å²) in [5, 5.41) is 1.33. The molecule has 12 heavy (non-hydrogen) atoms. The largest absolute Gasteiger partial charge is 0.151 e. The van der Waals surface area contributed by atoms with Gasteiger partial charge in [-0.05, 0) is 17.9 Å². The van der Waals surface area contributed by atoms with Gasteiger partial charge in [-0.25, -0.2) is 0 Å². The van der Waals surface area contributed by atoms with Gasteiger partial charge in [-0.1, -0.05) is 41.5 Å². The van der Waals surface area contributed by atoms with E-state index in [2.05, 4.69) is 23.5 Å². The normalized spacial score (nSPS) is 13.5. The summed E-state index contributed by atoms with van der Waals surface area (Å²) >= 11 is 4.12. The van der Waals surface area contributed by atoms with Gasteiger partial charge < -0.3 is 0 Å². The zero-order valence-corrected chi connectivity index (χ0v) is 11.3. The monoisotopic (exact) mass is 210 g/mol. The SMILES string of the molecule is C1CSCSC1.CC.CC.CC. The molecule has 0 unspecified atom stereocenters. The Morgan fingerprint density at radius 3 is 1.08 bits per heavy atom. The second-order valence-corrected chi connectivity index (χ2v) is 3.86. The van der Waals surface area contributed by atoms with Gasteiger partial charge in [0.2, 0.25) is 0 Å². The van der Waals surface area contributed by atoms with Gasteiger partial charge in [0.15, 0.2) is 0 Å². The molecule has 0 N–H and O–H groups in total. The Morgan fingerprint density at radius 2 is 1.00 bits per heavy atom. The van der Waals surface area contributed by atoms with E-state index < -0.39 is 0 Å². The van der Waals surface area contributed by atoms with Gasteiger partial charge in [0.25, 0.3) is 0 Å². The first-order valence-corrected chi connectivity index (χ1v) is 7.46. The van der Waals surface area contributed by atoms with Crippen LogP contribution in [0.25, 0.3) is 0 Å². The van der Waals surface area contributed by atoms with Crippen LogP contribution in [0.15, 0.2) is 0 Å². The minimum Gasteiger partial charge on any atom is -0.151 e. The van der Waals surface area contributed by atoms with E-state index in [0.29, 0.717) is 0 Å². The third-order valence-corrected chi connectivity index (χ3v) is 3.23. The van der Waals surface area contributed by atoms with Gasteiger partial charge in [-0.2, -0.15) is 23.5 Å². The Labute approximate surface area is 88.3 Å². The first-order valence-electron chi connectivity index (χ1n) is 5.15. The predicted molar refractivity (Wildman–Crippen MR) is 68.4 cm³/mol. The molecule has 1 saturated heterocycles. The molecule has 0 saturated carbocycles. The topological polar surface area (TPSA) is 0 Å². The molecule has 1 heterocycles. The van der Waals surface area contributed by atoms with Gasteiger partial charge >= 0.3 is 0 Å². The zero-order chi connectivity index (χ0) is 10.2. The maximum Gasteiger partial charge on any atom is 0.0392 e. The van der Waals surface area contributed by atoms with Crippen LogP contribution < -0.4 is 0 Å². The van der Waals surface area contributed by atoms with E-state index in [1.165, 1.54) is 23.0 Å². The molecule has 0 nitrogen and oxygen atoms in total. The Morgan fingerprint density at radius 1 is 0.667 bits per heavy atom. The van der Waals surface area contributed by atoms with Crippen LogP contribution in [0.3, 0.4) is 0 Å². The van der Waals surface area contributed by atoms with Crippen molar-refractivity contribution in [1.29, 1.82) is 0 Å². The molecule has 78 valence electrons. The summed E-state index contributed by atoms with van der Waals surface area (Å²) in [5.41, 5.74) is 0. The summed E-state index contributed by atoms with van der Waals surface area (Å²) < 4.78 is 0. The lowest BCUT2D eigenvalue weighted by Gasteiger charge is -2.05. The highest BCUT2D eigenvalue weighted by Gasteiger charge is 1.95. The molecule has 0 aromatic heterocycles. The second-order valence-electron chi connectivity index (χ2n) is 1.29. The first kappa shape index (κ1) is 18.5. The Balaban J connectivity index is -0.000000117. The lowest BCUT2D eigenvalue weighted by molar-refractivity contribution is 1.12. The third kappa shape index (κ3) is 22.4. The molecule has 0 aromatic carbocycles. The van der Waals surface area contributed by atoms with Crippen LogP contribution in [0.5, 0.6) is 0 Å². The molecule has 0 spiro atoms. The fourth-order valence-electron chi connectivity index (χ4n) is 0.440. The smallest absolute Gasteiger partial charge is 0.0392 e. The predicted octanol–water partition coefficient (Wildman–Crippen LogP) is 4.89. The van der Waals surface area contributed by atoms with Gasteiger partial charge in [0.1, 0.15) is 0 Å². The van der Waals surface area contributed by atoms with Gasteiger partial charge in [-0.3, -0.25) is 0 Å². The average molecular weight is 210 g/mol. The molecular formula is C10H26S2. The fraction of sp³-hybridized carbons (Fsp3) is 1.00. The van der Waals surface area contributed by atoms with E-state index in [-0.39, 0.29) is 0 Å². The van der Waals surface area contributed by atoms with E-state index in [9.17, 15) is 0 Å². The molecule has 0 aliphatic carbocycles. The van der Waals surface area contributed by atoms with Crippen LogP contribution >= 0.6 is 23.5 Å². The van der Waals surface area contributed by atoms with Crippen molar-refractivity contribution >= 4 is 23.5 Å². The number of hydrogen-bond donors (Lipinski definition) is 0. The quantitative estimate of drug-likeness (QED) is 0.558. The molecule has 0 amide bonds. The van der Waals surface area contributed by atoms with Crippen molar-refractivity contribution in [2.24, 2.45) is 0 Å². The van der Waals surface area contributed by atoms with Crippen molar-refractivity contribution in [2.45, 2.75) is 48.0 Å². The lowest BCUT2D eigenvalue weighted by Crippen LogP contribution is -1.90. The minimum atomic E-state index is 1.33. The molecule has 0 radical (unpaired) electrons. The van der Waals surface area contributed by atoms with Gasteiger partial charge in [-0.15, -0.1) is 0 Å². The maximum atomic E-state index is 2.06. The zero-order valence-electron chi connectivity index (χ0n) is 9.64. The second kappa shape index (κ2) is 29.8.